The molecular weight excluding hydrogens is 316 g/mol. The summed E-state index contributed by atoms with van der Waals surface area (Å²) in [4.78, 5) is 23.8. The lowest BCUT2D eigenvalue weighted by atomic mass is 10.00. The van der Waals surface area contributed by atoms with Gasteiger partial charge in [0.1, 0.15) is 11.3 Å². The van der Waals surface area contributed by atoms with Crippen LogP contribution in [-0.2, 0) is 11.2 Å². The summed E-state index contributed by atoms with van der Waals surface area (Å²) < 4.78 is 11.1. The maximum Gasteiger partial charge on any atom is 0.340 e. The highest BCUT2D eigenvalue weighted by molar-refractivity contribution is 5.83. The molecular formula is C21H20O4. The molecule has 0 saturated heterocycles. The lowest BCUT2D eigenvalue weighted by Gasteiger charge is -2.13. The van der Waals surface area contributed by atoms with Crippen molar-refractivity contribution in [3.8, 4) is 5.75 Å². The molecule has 4 nitrogen and oxygen atoms in total. The Hall–Kier alpha value is -2.88. The molecule has 3 aromatic rings. The van der Waals surface area contributed by atoms with E-state index < -0.39 is 6.10 Å². The Morgan fingerprint density at radius 1 is 1.16 bits per heavy atom. The molecule has 0 spiro atoms. The SMILES string of the molecule is CC(=O)[C@@H](C)Oc1ccc2c(C)c(Cc3ccccc3)c(=O)oc2c1. The molecule has 0 aliphatic heterocycles. The van der Waals surface area contributed by atoms with Gasteiger partial charge in [-0.25, -0.2) is 4.79 Å². The maximum absolute atomic E-state index is 12.4. The summed E-state index contributed by atoms with van der Waals surface area (Å²) >= 11 is 0. The van der Waals surface area contributed by atoms with Gasteiger partial charge in [-0.1, -0.05) is 30.3 Å². The summed E-state index contributed by atoms with van der Waals surface area (Å²) in [5, 5.41) is 0.869. The number of Topliss-reactive ketones (excluding diaryl/α,β-unsaturated/α-hetero) is 1. The lowest BCUT2D eigenvalue weighted by molar-refractivity contribution is -0.122. The standard InChI is InChI=1S/C21H20O4/c1-13-18-10-9-17(24-15(3)14(2)22)12-20(18)25-21(23)19(13)11-16-7-5-4-6-8-16/h4-10,12,15H,11H2,1-3H3/t15-/m1/s1. The van der Waals surface area contributed by atoms with Crippen molar-refractivity contribution in [1.29, 1.82) is 0 Å². The molecule has 0 aliphatic carbocycles. The van der Waals surface area contributed by atoms with Gasteiger partial charge in [0.25, 0.3) is 0 Å². The number of carbonyl (C=O) groups is 1. The Balaban J connectivity index is 2.00. The summed E-state index contributed by atoms with van der Waals surface area (Å²) in [7, 11) is 0. The number of rotatable bonds is 5. The Morgan fingerprint density at radius 2 is 1.88 bits per heavy atom. The minimum Gasteiger partial charge on any atom is -0.483 e. The summed E-state index contributed by atoms with van der Waals surface area (Å²) in [5.41, 5.74) is 2.75. The number of ether oxygens (including phenoxy) is 1. The molecule has 0 N–H and O–H groups in total. The van der Waals surface area contributed by atoms with Crippen molar-refractivity contribution in [2.24, 2.45) is 0 Å². The number of fused-ring (bicyclic) bond motifs is 1. The van der Waals surface area contributed by atoms with Crippen LogP contribution in [0.2, 0.25) is 0 Å². The van der Waals surface area contributed by atoms with E-state index in [1.54, 1.807) is 19.1 Å². The van der Waals surface area contributed by atoms with Gasteiger partial charge in [0, 0.05) is 23.4 Å². The van der Waals surface area contributed by atoms with Crippen molar-refractivity contribution >= 4 is 16.8 Å². The van der Waals surface area contributed by atoms with Gasteiger partial charge >= 0.3 is 5.63 Å². The Bertz CT molecular complexity index is 970. The van der Waals surface area contributed by atoms with Crippen LogP contribution in [0.5, 0.6) is 5.75 Å². The van der Waals surface area contributed by atoms with Gasteiger partial charge in [0.2, 0.25) is 0 Å². The molecule has 2 aromatic carbocycles. The van der Waals surface area contributed by atoms with E-state index in [0.717, 1.165) is 16.5 Å². The van der Waals surface area contributed by atoms with Crippen LogP contribution in [0, 0.1) is 6.92 Å². The zero-order valence-corrected chi connectivity index (χ0v) is 14.5. The second kappa shape index (κ2) is 6.93. The molecule has 1 aromatic heterocycles. The quantitative estimate of drug-likeness (QED) is 0.660. The number of benzene rings is 2. The molecule has 4 heteroatoms. The van der Waals surface area contributed by atoms with Crippen LogP contribution in [0.4, 0.5) is 0 Å². The zero-order valence-electron chi connectivity index (χ0n) is 14.5. The highest BCUT2D eigenvalue weighted by Crippen LogP contribution is 2.25. The smallest absolute Gasteiger partial charge is 0.340 e. The molecule has 0 bridgehead atoms. The van der Waals surface area contributed by atoms with Crippen LogP contribution in [0.15, 0.2) is 57.7 Å². The molecule has 0 saturated carbocycles. The number of aryl methyl sites for hydroxylation is 1. The van der Waals surface area contributed by atoms with E-state index in [1.165, 1.54) is 6.92 Å². The van der Waals surface area contributed by atoms with E-state index in [0.29, 0.717) is 23.3 Å². The monoisotopic (exact) mass is 336 g/mol. The first-order valence-corrected chi connectivity index (χ1v) is 8.23. The second-order valence-electron chi connectivity index (χ2n) is 6.18. The molecule has 0 aliphatic rings. The predicted molar refractivity (Wildman–Crippen MR) is 97.2 cm³/mol. The average Bonchev–Trinajstić information content (AvgIpc) is 2.59. The third kappa shape index (κ3) is 3.63. The maximum atomic E-state index is 12.4. The van der Waals surface area contributed by atoms with Crippen molar-refractivity contribution in [3.05, 3.63) is 75.6 Å². The van der Waals surface area contributed by atoms with Crippen molar-refractivity contribution in [2.75, 3.05) is 0 Å². The fourth-order valence-electron chi connectivity index (χ4n) is 2.74. The number of hydrogen-bond donors (Lipinski definition) is 0. The minimum absolute atomic E-state index is 0.0593. The predicted octanol–water partition coefficient (Wildman–Crippen LogP) is 4.05. The third-order valence-electron chi connectivity index (χ3n) is 4.37. The minimum atomic E-state index is -0.539. The fraction of sp³-hybridized carbons (Fsp3) is 0.238. The van der Waals surface area contributed by atoms with Gasteiger partial charge in [-0.2, -0.15) is 0 Å². The van der Waals surface area contributed by atoms with Crippen molar-refractivity contribution < 1.29 is 13.9 Å². The van der Waals surface area contributed by atoms with E-state index in [9.17, 15) is 9.59 Å². The van der Waals surface area contributed by atoms with Crippen LogP contribution in [0.3, 0.4) is 0 Å². The molecule has 3 rings (SSSR count). The Kier molecular flexibility index (Phi) is 4.70. The molecule has 0 amide bonds. The molecule has 0 unspecified atom stereocenters. The number of carbonyl (C=O) groups excluding carboxylic acids is 1. The van der Waals surface area contributed by atoms with Gasteiger partial charge in [-0.15, -0.1) is 0 Å². The van der Waals surface area contributed by atoms with Gasteiger partial charge in [-0.05, 0) is 44.0 Å². The van der Waals surface area contributed by atoms with Crippen LogP contribution in [-0.4, -0.2) is 11.9 Å². The van der Waals surface area contributed by atoms with Gasteiger partial charge in [0.05, 0.1) is 0 Å². The van der Waals surface area contributed by atoms with Crippen LogP contribution < -0.4 is 10.4 Å². The third-order valence-corrected chi connectivity index (χ3v) is 4.37. The summed E-state index contributed by atoms with van der Waals surface area (Å²) in [5.74, 6) is 0.449. The van der Waals surface area contributed by atoms with E-state index in [2.05, 4.69) is 0 Å². The number of ketones is 1. The highest BCUT2D eigenvalue weighted by Gasteiger charge is 2.14. The van der Waals surface area contributed by atoms with Crippen LogP contribution >= 0.6 is 0 Å². The van der Waals surface area contributed by atoms with E-state index in [-0.39, 0.29) is 11.4 Å². The first-order valence-electron chi connectivity index (χ1n) is 8.23. The molecule has 0 fully saturated rings. The molecule has 25 heavy (non-hydrogen) atoms. The van der Waals surface area contributed by atoms with E-state index in [1.807, 2.05) is 43.3 Å². The van der Waals surface area contributed by atoms with Gasteiger partial charge < -0.3 is 9.15 Å². The largest absolute Gasteiger partial charge is 0.483 e. The van der Waals surface area contributed by atoms with Crippen molar-refractivity contribution in [1.82, 2.24) is 0 Å². The summed E-state index contributed by atoms with van der Waals surface area (Å²) in [6.45, 7) is 5.10. The molecule has 1 atom stereocenters. The fourth-order valence-corrected chi connectivity index (χ4v) is 2.74. The summed E-state index contributed by atoms with van der Waals surface area (Å²) in [6.07, 6.45) is -0.00693. The first kappa shape index (κ1) is 17.0. The van der Waals surface area contributed by atoms with Gasteiger partial charge in [-0.3, -0.25) is 4.79 Å². The van der Waals surface area contributed by atoms with Gasteiger partial charge in [0.15, 0.2) is 11.9 Å². The number of hydrogen-bond acceptors (Lipinski definition) is 4. The average molecular weight is 336 g/mol. The highest BCUT2D eigenvalue weighted by atomic mass is 16.5. The Morgan fingerprint density at radius 3 is 2.56 bits per heavy atom. The van der Waals surface area contributed by atoms with Crippen LogP contribution in [0.25, 0.3) is 11.0 Å². The molecule has 128 valence electrons. The molecule has 1 heterocycles. The lowest BCUT2D eigenvalue weighted by Crippen LogP contribution is -2.20. The first-order chi connectivity index (χ1) is 12.0. The molecule has 0 radical (unpaired) electrons. The summed E-state index contributed by atoms with van der Waals surface area (Å²) in [6, 6.07) is 15.1. The normalized spacial score (nSPS) is 12.1. The van der Waals surface area contributed by atoms with Crippen molar-refractivity contribution in [3.63, 3.8) is 0 Å². The van der Waals surface area contributed by atoms with E-state index >= 15 is 0 Å². The van der Waals surface area contributed by atoms with Crippen molar-refractivity contribution in [2.45, 2.75) is 33.3 Å². The zero-order chi connectivity index (χ0) is 18.0. The van der Waals surface area contributed by atoms with Crippen LogP contribution in [0.1, 0.15) is 30.5 Å². The Labute approximate surface area is 146 Å². The van der Waals surface area contributed by atoms with E-state index in [4.69, 9.17) is 9.15 Å². The second-order valence-corrected chi connectivity index (χ2v) is 6.18. The topological polar surface area (TPSA) is 56.5 Å².